The summed E-state index contributed by atoms with van der Waals surface area (Å²) in [6.45, 7) is 12.4. The highest BCUT2D eigenvalue weighted by Gasteiger charge is 2.49. The Morgan fingerprint density at radius 3 is 1.92 bits per heavy atom. The monoisotopic (exact) mass is 337 g/mol. The number of benzene rings is 1. The fourth-order valence-electron chi connectivity index (χ4n) is 3.48. The maximum absolute atomic E-state index is 13.2. The quantitative estimate of drug-likeness (QED) is 0.719. The van der Waals surface area contributed by atoms with E-state index in [2.05, 4.69) is 58.8 Å². The minimum Gasteiger partial charge on any atom is -0.380 e. The number of oxime groups is 1. The van der Waals surface area contributed by atoms with E-state index in [0.29, 0.717) is 0 Å². The molecule has 25 heavy (non-hydrogen) atoms. The Labute approximate surface area is 150 Å². The maximum Gasteiger partial charge on any atom is 0.187 e. The summed E-state index contributed by atoms with van der Waals surface area (Å²) in [4.78, 5) is 19.1. The number of Topliss-reactive ketones (excluding diaryl/α,β-unsaturated/α-hetero) is 1. The lowest BCUT2D eigenvalue weighted by atomic mass is 9.67. The van der Waals surface area contributed by atoms with Crippen LogP contribution in [0.4, 0.5) is 0 Å². The van der Waals surface area contributed by atoms with Gasteiger partial charge in [0.05, 0.1) is 12.1 Å². The molecule has 3 rings (SSSR count). The normalized spacial score (nSPS) is 22.6. The van der Waals surface area contributed by atoms with Crippen molar-refractivity contribution in [3.63, 3.8) is 0 Å². The Morgan fingerprint density at radius 2 is 1.44 bits per heavy atom. The third-order valence-corrected chi connectivity index (χ3v) is 4.91. The molecule has 3 nitrogen and oxygen atoms in total. The summed E-state index contributed by atoms with van der Waals surface area (Å²) < 4.78 is 0. The minimum atomic E-state index is -0.736. The van der Waals surface area contributed by atoms with Gasteiger partial charge in [0.15, 0.2) is 11.4 Å². The zero-order valence-electron chi connectivity index (χ0n) is 16.0. The molecule has 1 heterocycles. The Bertz CT molecular complexity index is 736. The molecule has 1 aliphatic heterocycles. The van der Waals surface area contributed by atoms with Crippen LogP contribution in [0.3, 0.4) is 0 Å². The van der Waals surface area contributed by atoms with Crippen LogP contribution < -0.4 is 0 Å². The lowest BCUT2D eigenvalue weighted by molar-refractivity contribution is -0.114. The fraction of sp³-hybridized carbons (Fsp3) is 0.455. The predicted octanol–water partition coefficient (Wildman–Crippen LogP) is 5.05. The molecule has 0 aromatic heterocycles. The molecular formula is C22H27NO2. The first-order valence-electron chi connectivity index (χ1n) is 8.83. The van der Waals surface area contributed by atoms with Gasteiger partial charge in [0, 0.05) is 11.1 Å². The zero-order valence-corrected chi connectivity index (χ0v) is 16.0. The third kappa shape index (κ3) is 3.08. The largest absolute Gasteiger partial charge is 0.380 e. The van der Waals surface area contributed by atoms with Gasteiger partial charge in [-0.05, 0) is 28.5 Å². The molecule has 0 radical (unpaired) electrons. The molecule has 1 spiro atoms. The molecule has 2 aliphatic rings. The average molecular weight is 337 g/mol. The first-order valence-corrected chi connectivity index (χ1v) is 8.83. The van der Waals surface area contributed by atoms with Crippen LogP contribution >= 0.6 is 0 Å². The van der Waals surface area contributed by atoms with Crippen molar-refractivity contribution in [2.75, 3.05) is 0 Å². The number of allylic oxidation sites excluding steroid dienone is 2. The van der Waals surface area contributed by atoms with Crippen LogP contribution in [-0.2, 0) is 9.63 Å². The number of carbonyl (C=O) groups excluding carboxylic acids is 1. The molecule has 0 N–H and O–H groups in total. The Morgan fingerprint density at radius 1 is 0.920 bits per heavy atom. The van der Waals surface area contributed by atoms with Gasteiger partial charge in [0.2, 0.25) is 0 Å². The van der Waals surface area contributed by atoms with Crippen molar-refractivity contribution in [3.8, 4) is 0 Å². The summed E-state index contributed by atoms with van der Waals surface area (Å²) in [6, 6.07) is 10.2. The summed E-state index contributed by atoms with van der Waals surface area (Å²) in [5.41, 5.74) is 1.47. The predicted molar refractivity (Wildman–Crippen MR) is 102 cm³/mol. The summed E-state index contributed by atoms with van der Waals surface area (Å²) in [6.07, 6.45) is 5.84. The van der Waals surface area contributed by atoms with Gasteiger partial charge in [-0.1, -0.05) is 77.0 Å². The molecule has 0 saturated heterocycles. The van der Waals surface area contributed by atoms with Crippen LogP contribution in [0, 0.1) is 10.8 Å². The molecule has 1 aliphatic carbocycles. The molecule has 0 saturated carbocycles. The molecule has 3 heteroatoms. The van der Waals surface area contributed by atoms with E-state index in [1.165, 1.54) is 0 Å². The highest BCUT2D eigenvalue weighted by molar-refractivity contribution is 6.11. The zero-order chi connectivity index (χ0) is 18.5. The lowest BCUT2D eigenvalue weighted by Crippen LogP contribution is -2.40. The molecule has 0 amide bonds. The Balaban J connectivity index is 2.20. The van der Waals surface area contributed by atoms with Gasteiger partial charge in [-0.3, -0.25) is 4.79 Å². The first kappa shape index (κ1) is 17.7. The SMILES string of the molecule is CC(C)(C)C1=CC2(C=C(C(C)(C)C)C1=O)ON=CC2c1ccccc1. The van der Waals surface area contributed by atoms with E-state index in [1.807, 2.05) is 36.6 Å². The van der Waals surface area contributed by atoms with Gasteiger partial charge in [0.25, 0.3) is 0 Å². The number of carbonyl (C=O) groups is 1. The topological polar surface area (TPSA) is 38.7 Å². The lowest BCUT2D eigenvalue weighted by Gasteiger charge is -2.38. The summed E-state index contributed by atoms with van der Waals surface area (Å²) in [5.74, 6) is 0.0736. The van der Waals surface area contributed by atoms with Crippen LogP contribution in [0.1, 0.15) is 53.0 Å². The van der Waals surface area contributed by atoms with E-state index < -0.39 is 5.60 Å². The van der Waals surface area contributed by atoms with Crippen molar-refractivity contribution in [1.29, 1.82) is 0 Å². The maximum atomic E-state index is 13.2. The van der Waals surface area contributed by atoms with Crippen molar-refractivity contribution in [3.05, 3.63) is 59.2 Å². The minimum absolute atomic E-state index is 0.0449. The van der Waals surface area contributed by atoms with Gasteiger partial charge in [-0.2, -0.15) is 0 Å². The third-order valence-electron chi connectivity index (χ3n) is 4.91. The van der Waals surface area contributed by atoms with Gasteiger partial charge >= 0.3 is 0 Å². The average Bonchev–Trinajstić information content (AvgIpc) is 2.91. The molecule has 0 bridgehead atoms. The van der Waals surface area contributed by atoms with Crippen LogP contribution in [0.15, 0.2) is 58.8 Å². The van der Waals surface area contributed by atoms with Crippen molar-refractivity contribution in [2.24, 2.45) is 16.0 Å². The molecule has 1 aromatic rings. The first-order chi connectivity index (χ1) is 11.5. The van der Waals surface area contributed by atoms with E-state index in [-0.39, 0.29) is 22.5 Å². The summed E-state index contributed by atoms with van der Waals surface area (Å²) in [5, 5.41) is 4.15. The van der Waals surface area contributed by atoms with E-state index in [1.54, 1.807) is 0 Å². The molecule has 1 aromatic carbocycles. The van der Waals surface area contributed by atoms with Gasteiger partial charge in [-0.25, -0.2) is 0 Å². The van der Waals surface area contributed by atoms with Gasteiger partial charge in [0.1, 0.15) is 0 Å². The Hall–Kier alpha value is -2.16. The van der Waals surface area contributed by atoms with Crippen molar-refractivity contribution < 1.29 is 9.63 Å². The number of ketones is 1. The van der Waals surface area contributed by atoms with Crippen LogP contribution in [-0.4, -0.2) is 17.6 Å². The number of hydrogen-bond acceptors (Lipinski definition) is 3. The summed E-state index contributed by atoms with van der Waals surface area (Å²) >= 11 is 0. The van der Waals surface area contributed by atoms with Crippen LogP contribution in [0.5, 0.6) is 0 Å². The molecule has 0 fully saturated rings. The highest BCUT2D eigenvalue weighted by atomic mass is 16.7. The smallest absolute Gasteiger partial charge is 0.187 e. The summed E-state index contributed by atoms with van der Waals surface area (Å²) in [7, 11) is 0. The standard InChI is InChI=1S/C22H27NO2/c1-20(2,3)16-12-22(13-17(19(16)24)21(4,5)6)18(14-23-25-22)15-10-8-7-9-11-15/h7-14,18H,1-6H3. The van der Waals surface area contributed by atoms with Crippen LogP contribution in [0.25, 0.3) is 0 Å². The van der Waals surface area contributed by atoms with E-state index in [4.69, 9.17) is 4.84 Å². The molecule has 1 atom stereocenters. The van der Waals surface area contributed by atoms with E-state index in [9.17, 15) is 4.79 Å². The van der Waals surface area contributed by atoms with Gasteiger partial charge in [-0.15, -0.1) is 0 Å². The second-order valence-corrected chi connectivity index (χ2v) is 9.03. The highest BCUT2D eigenvalue weighted by Crippen LogP contribution is 2.47. The van der Waals surface area contributed by atoms with Gasteiger partial charge < -0.3 is 4.84 Å². The fourth-order valence-corrected chi connectivity index (χ4v) is 3.48. The number of hydrogen-bond donors (Lipinski definition) is 0. The van der Waals surface area contributed by atoms with Crippen molar-refractivity contribution in [2.45, 2.75) is 53.1 Å². The van der Waals surface area contributed by atoms with Crippen LogP contribution in [0.2, 0.25) is 0 Å². The number of nitrogens with zero attached hydrogens (tertiary/aromatic N) is 1. The van der Waals surface area contributed by atoms with E-state index in [0.717, 1.165) is 16.7 Å². The second kappa shape index (κ2) is 5.69. The number of rotatable bonds is 1. The Kier molecular flexibility index (Phi) is 4.02. The molecule has 132 valence electrons. The van der Waals surface area contributed by atoms with Crippen molar-refractivity contribution in [1.82, 2.24) is 0 Å². The molecule has 1 unspecified atom stereocenters. The van der Waals surface area contributed by atoms with E-state index >= 15 is 0 Å². The van der Waals surface area contributed by atoms with Crippen molar-refractivity contribution >= 4 is 12.0 Å². The molecular weight excluding hydrogens is 310 g/mol. The second-order valence-electron chi connectivity index (χ2n) is 9.03.